The molecule has 2 aromatic heterocycles. The Morgan fingerprint density at radius 1 is 1.64 bits per heavy atom. The predicted molar refractivity (Wildman–Crippen MR) is 40.6 cm³/mol. The van der Waals surface area contributed by atoms with Crippen molar-refractivity contribution in [3.8, 4) is 5.75 Å². The lowest BCUT2D eigenvalue weighted by Crippen LogP contribution is -1.87. The zero-order valence-electron chi connectivity index (χ0n) is 6.11. The molecule has 0 aliphatic carbocycles. The number of nitrogens with zero attached hydrogens (tertiary/aromatic N) is 2. The Morgan fingerprint density at radius 3 is 3.36 bits per heavy atom. The second kappa shape index (κ2) is 2.27. The second-order valence-electron chi connectivity index (χ2n) is 2.19. The summed E-state index contributed by atoms with van der Waals surface area (Å²) in [6.07, 6.45) is 3.47. The molecule has 0 spiro atoms. The van der Waals surface area contributed by atoms with Gasteiger partial charge in [0.25, 0.3) is 0 Å². The molecule has 2 aromatic rings. The van der Waals surface area contributed by atoms with Crippen molar-refractivity contribution < 1.29 is 4.74 Å². The third kappa shape index (κ3) is 0.941. The van der Waals surface area contributed by atoms with E-state index in [0.29, 0.717) is 0 Å². The van der Waals surface area contributed by atoms with Gasteiger partial charge in [0.15, 0.2) is 0 Å². The summed E-state index contributed by atoms with van der Waals surface area (Å²) < 4.78 is 6.77. The molecule has 55 valence electrons. The molecule has 0 aliphatic rings. The molecule has 0 bridgehead atoms. The second-order valence-corrected chi connectivity index (χ2v) is 2.19. The Hall–Kier alpha value is -1.51. The molecule has 2 rings (SSSR count). The summed E-state index contributed by atoms with van der Waals surface area (Å²) in [6, 6.07) is 6.70. The summed E-state index contributed by atoms with van der Waals surface area (Å²) in [5.41, 5.74) is 0.921. The first-order chi connectivity index (χ1) is 5.40. The molecule has 1 radical (unpaired) electrons. The summed E-state index contributed by atoms with van der Waals surface area (Å²) >= 11 is 0. The van der Waals surface area contributed by atoms with Gasteiger partial charge in [0.05, 0.1) is 18.8 Å². The third-order valence-corrected chi connectivity index (χ3v) is 1.54. The highest BCUT2D eigenvalue weighted by atomic mass is 16.5. The summed E-state index contributed by atoms with van der Waals surface area (Å²) in [4.78, 5) is 0. The van der Waals surface area contributed by atoms with Crippen molar-refractivity contribution in [1.82, 2.24) is 9.61 Å². The van der Waals surface area contributed by atoms with E-state index in [0.717, 1.165) is 11.3 Å². The molecule has 11 heavy (non-hydrogen) atoms. The fourth-order valence-electron chi connectivity index (χ4n) is 0.966. The van der Waals surface area contributed by atoms with Crippen LogP contribution in [0.4, 0.5) is 0 Å². The van der Waals surface area contributed by atoms with Crippen LogP contribution in [0.25, 0.3) is 5.52 Å². The molecule has 0 atom stereocenters. The number of hydrogen-bond donors (Lipinski definition) is 0. The van der Waals surface area contributed by atoms with Crippen LogP contribution in [-0.2, 0) is 0 Å². The van der Waals surface area contributed by atoms with E-state index in [-0.39, 0.29) is 0 Å². The highest BCUT2D eigenvalue weighted by molar-refractivity contribution is 5.48. The fourth-order valence-corrected chi connectivity index (χ4v) is 0.966. The summed E-state index contributed by atoms with van der Waals surface area (Å²) in [5.74, 6) is 0.828. The molecule has 2 heterocycles. The lowest BCUT2D eigenvalue weighted by molar-refractivity contribution is 0.414. The van der Waals surface area contributed by atoms with Gasteiger partial charge in [-0.25, -0.2) is 4.52 Å². The molecule has 0 aromatic carbocycles. The highest BCUT2D eigenvalue weighted by Crippen LogP contribution is 2.11. The van der Waals surface area contributed by atoms with Crippen molar-refractivity contribution in [3.63, 3.8) is 0 Å². The molecule has 0 fully saturated rings. The average molecular weight is 147 g/mol. The van der Waals surface area contributed by atoms with Crippen LogP contribution in [0, 0.1) is 6.07 Å². The van der Waals surface area contributed by atoms with Crippen LogP contribution >= 0.6 is 0 Å². The highest BCUT2D eigenvalue weighted by Gasteiger charge is 1.94. The Balaban J connectivity index is 2.67. The topological polar surface area (TPSA) is 26.5 Å². The first kappa shape index (κ1) is 6.22. The van der Waals surface area contributed by atoms with E-state index in [9.17, 15) is 0 Å². The predicted octanol–water partition coefficient (Wildman–Crippen LogP) is 1.14. The van der Waals surface area contributed by atoms with Crippen LogP contribution in [-0.4, -0.2) is 16.7 Å². The van der Waals surface area contributed by atoms with Gasteiger partial charge in [0.1, 0.15) is 5.75 Å². The number of methoxy groups -OCH3 is 1. The first-order valence-electron chi connectivity index (χ1n) is 3.29. The van der Waals surface area contributed by atoms with Crippen LogP contribution in [0.1, 0.15) is 0 Å². The minimum atomic E-state index is 0.828. The van der Waals surface area contributed by atoms with E-state index in [4.69, 9.17) is 4.74 Å². The third-order valence-electron chi connectivity index (χ3n) is 1.54. The molecule has 3 heteroatoms. The van der Waals surface area contributed by atoms with Crippen LogP contribution in [0.2, 0.25) is 0 Å². The summed E-state index contributed by atoms with van der Waals surface area (Å²) in [7, 11) is 1.64. The maximum atomic E-state index is 5.03. The van der Waals surface area contributed by atoms with E-state index in [1.54, 1.807) is 17.8 Å². The largest absolute Gasteiger partial charge is 0.497 e. The van der Waals surface area contributed by atoms with Crippen molar-refractivity contribution in [1.29, 1.82) is 0 Å². The van der Waals surface area contributed by atoms with Crippen molar-refractivity contribution in [2.24, 2.45) is 0 Å². The van der Waals surface area contributed by atoms with E-state index >= 15 is 0 Å². The van der Waals surface area contributed by atoms with E-state index in [1.165, 1.54) is 0 Å². The van der Waals surface area contributed by atoms with Gasteiger partial charge in [-0.2, -0.15) is 5.10 Å². The summed E-state index contributed by atoms with van der Waals surface area (Å²) in [6.45, 7) is 0. The number of aromatic nitrogens is 2. The van der Waals surface area contributed by atoms with Gasteiger partial charge < -0.3 is 4.74 Å². The molecule has 0 unspecified atom stereocenters. The Bertz CT molecular complexity index is 367. The fraction of sp³-hybridized carbons (Fsp3) is 0.125. The van der Waals surface area contributed by atoms with Gasteiger partial charge in [-0.15, -0.1) is 0 Å². The van der Waals surface area contributed by atoms with E-state index in [2.05, 4.69) is 11.2 Å². The first-order valence-corrected chi connectivity index (χ1v) is 3.29. The molecule has 0 saturated heterocycles. The van der Waals surface area contributed by atoms with Crippen molar-refractivity contribution >= 4 is 5.52 Å². The Labute approximate surface area is 64.2 Å². The smallest absolute Gasteiger partial charge is 0.122 e. The van der Waals surface area contributed by atoms with Gasteiger partial charge in [0.2, 0.25) is 0 Å². The van der Waals surface area contributed by atoms with Crippen LogP contribution in [0.15, 0.2) is 24.5 Å². The number of fused-ring (bicyclic) bond motifs is 1. The van der Waals surface area contributed by atoms with Crippen LogP contribution < -0.4 is 4.74 Å². The maximum absolute atomic E-state index is 5.03. The lowest BCUT2D eigenvalue weighted by Gasteiger charge is -1.98. The standard InChI is InChI=1S/C8H7N2O/c1-11-8-3-5-10-7(6-8)2-4-9-10/h3-6H,1H3. The minimum absolute atomic E-state index is 0.828. The van der Waals surface area contributed by atoms with Crippen molar-refractivity contribution in [3.05, 3.63) is 30.6 Å². The number of pyridine rings is 1. The van der Waals surface area contributed by atoms with Gasteiger partial charge in [-0.3, -0.25) is 0 Å². The molecular weight excluding hydrogens is 140 g/mol. The van der Waals surface area contributed by atoms with E-state index in [1.807, 2.05) is 18.3 Å². The average Bonchev–Trinajstić information content (AvgIpc) is 2.50. The molecule has 0 N–H and O–H groups in total. The quantitative estimate of drug-likeness (QED) is 0.604. The molecule has 0 saturated carbocycles. The number of ether oxygens (including phenoxy) is 1. The zero-order valence-corrected chi connectivity index (χ0v) is 6.11. The molecule has 0 amide bonds. The van der Waals surface area contributed by atoms with E-state index < -0.39 is 0 Å². The number of rotatable bonds is 1. The maximum Gasteiger partial charge on any atom is 0.122 e. The SMILES string of the molecule is COc1ccn2nc[c]c2c1. The molecule has 3 nitrogen and oxygen atoms in total. The van der Waals surface area contributed by atoms with Gasteiger partial charge >= 0.3 is 0 Å². The zero-order chi connectivity index (χ0) is 7.68. The Kier molecular flexibility index (Phi) is 1.28. The monoisotopic (exact) mass is 147 g/mol. The normalized spacial score (nSPS) is 10.3. The van der Waals surface area contributed by atoms with Crippen molar-refractivity contribution in [2.75, 3.05) is 7.11 Å². The summed E-state index contributed by atoms with van der Waals surface area (Å²) in [5, 5.41) is 4.00. The van der Waals surface area contributed by atoms with Crippen LogP contribution in [0.3, 0.4) is 0 Å². The number of hydrogen-bond acceptors (Lipinski definition) is 2. The lowest BCUT2D eigenvalue weighted by atomic mass is 10.4. The van der Waals surface area contributed by atoms with Crippen molar-refractivity contribution in [2.45, 2.75) is 0 Å². The minimum Gasteiger partial charge on any atom is -0.497 e. The molecule has 0 aliphatic heterocycles. The Morgan fingerprint density at radius 2 is 2.55 bits per heavy atom. The van der Waals surface area contributed by atoms with Gasteiger partial charge in [-0.1, -0.05) is 0 Å². The van der Waals surface area contributed by atoms with Gasteiger partial charge in [0, 0.05) is 18.3 Å². The van der Waals surface area contributed by atoms with Gasteiger partial charge in [-0.05, 0) is 6.07 Å². The molecular formula is C8H7N2O. The van der Waals surface area contributed by atoms with Crippen LogP contribution in [0.5, 0.6) is 5.75 Å².